The number of nitriles is 1. The van der Waals surface area contributed by atoms with Crippen molar-refractivity contribution in [3.8, 4) is 6.07 Å². The highest BCUT2D eigenvalue weighted by Gasteiger charge is 2.52. The van der Waals surface area contributed by atoms with Gasteiger partial charge in [0.05, 0.1) is 0 Å². The van der Waals surface area contributed by atoms with Crippen LogP contribution in [0.15, 0.2) is 60.7 Å². The van der Waals surface area contributed by atoms with E-state index in [4.69, 9.17) is 9.05 Å². The molecule has 0 unspecified atom stereocenters. The standard InChI is InChI=1S/C19H21N2O3P/c1-15-18(16-10-6-4-7-11-16)23-25(22,21(15)3)24-19(2,14-20)17-12-8-5-9-13-17/h4-13,15,18H,1-3H3/t15-,18+,19-,25-/m0/s1. The Morgan fingerprint density at radius 3 is 2.28 bits per heavy atom. The van der Waals surface area contributed by atoms with Crippen LogP contribution in [-0.4, -0.2) is 17.8 Å². The van der Waals surface area contributed by atoms with Gasteiger partial charge < -0.3 is 0 Å². The van der Waals surface area contributed by atoms with Gasteiger partial charge in [-0.25, -0.2) is 9.24 Å². The molecule has 1 fully saturated rings. The minimum Gasteiger partial charge on any atom is -0.287 e. The van der Waals surface area contributed by atoms with Crippen LogP contribution in [0.5, 0.6) is 0 Å². The SMILES string of the molecule is C[C@H]1[C@H](c2ccccc2)O[P@](=O)(O[C@@](C)(C#N)c2ccccc2)N1C. The lowest BCUT2D eigenvalue weighted by atomic mass is 9.98. The number of nitrogens with zero attached hydrogens (tertiary/aromatic N) is 2. The molecular weight excluding hydrogens is 335 g/mol. The summed E-state index contributed by atoms with van der Waals surface area (Å²) in [5.41, 5.74) is 0.207. The van der Waals surface area contributed by atoms with Gasteiger partial charge in [0.2, 0.25) is 0 Å². The Labute approximate surface area is 148 Å². The van der Waals surface area contributed by atoms with E-state index in [0.717, 1.165) is 5.56 Å². The van der Waals surface area contributed by atoms with Crippen LogP contribution in [0.25, 0.3) is 0 Å². The number of likely N-dealkylation sites (N-methyl/N-ethyl adjacent to an activating group) is 1. The molecular formula is C19H21N2O3P. The molecule has 1 heterocycles. The van der Waals surface area contributed by atoms with Crippen molar-refractivity contribution in [1.29, 1.82) is 5.26 Å². The van der Waals surface area contributed by atoms with E-state index in [0.29, 0.717) is 5.56 Å². The molecule has 0 saturated carbocycles. The molecule has 4 atom stereocenters. The molecule has 25 heavy (non-hydrogen) atoms. The van der Waals surface area contributed by atoms with Crippen LogP contribution >= 0.6 is 7.75 Å². The van der Waals surface area contributed by atoms with E-state index in [1.54, 1.807) is 30.8 Å². The predicted octanol–water partition coefficient (Wildman–Crippen LogP) is 4.64. The first-order valence-electron chi connectivity index (χ1n) is 8.14. The number of rotatable bonds is 4. The molecule has 0 aliphatic carbocycles. The van der Waals surface area contributed by atoms with Crippen molar-refractivity contribution in [2.24, 2.45) is 0 Å². The Morgan fingerprint density at radius 1 is 1.16 bits per heavy atom. The molecule has 6 heteroatoms. The molecule has 0 amide bonds. The monoisotopic (exact) mass is 356 g/mol. The fourth-order valence-corrected chi connectivity index (χ4v) is 5.00. The fourth-order valence-electron chi connectivity index (χ4n) is 2.92. The zero-order valence-electron chi connectivity index (χ0n) is 14.5. The normalized spacial score (nSPS) is 29.0. The predicted molar refractivity (Wildman–Crippen MR) is 95.6 cm³/mol. The molecule has 0 N–H and O–H groups in total. The topological polar surface area (TPSA) is 62.6 Å². The summed E-state index contributed by atoms with van der Waals surface area (Å²) < 4.78 is 26.8. The Bertz CT molecular complexity index is 822. The zero-order chi connectivity index (χ0) is 18.1. The third kappa shape index (κ3) is 3.27. The maximum absolute atomic E-state index is 13.4. The summed E-state index contributed by atoms with van der Waals surface area (Å²) in [6, 6.07) is 20.7. The number of hydrogen-bond acceptors (Lipinski definition) is 4. The van der Waals surface area contributed by atoms with Gasteiger partial charge in [0.25, 0.3) is 0 Å². The van der Waals surface area contributed by atoms with Gasteiger partial charge in [-0.2, -0.15) is 5.26 Å². The molecule has 5 nitrogen and oxygen atoms in total. The molecule has 2 aromatic rings. The van der Waals surface area contributed by atoms with E-state index >= 15 is 0 Å². The van der Waals surface area contributed by atoms with Gasteiger partial charge in [0, 0.05) is 6.04 Å². The average molecular weight is 356 g/mol. The summed E-state index contributed by atoms with van der Waals surface area (Å²) in [4.78, 5) is 0. The van der Waals surface area contributed by atoms with Crippen LogP contribution in [0, 0.1) is 11.3 Å². The lowest BCUT2D eigenvalue weighted by molar-refractivity contribution is 0.0958. The fraction of sp³-hybridized carbons (Fsp3) is 0.316. The Hall–Kier alpha value is -1.96. The van der Waals surface area contributed by atoms with E-state index in [2.05, 4.69) is 6.07 Å². The highest BCUT2D eigenvalue weighted by atomic mass is 31.2. The van der Waals surface area contributed by atoms with E-state index in [1.165, 1.54) is 0 Å². The van der Waals surface area contributed by atoms with E-state index in [9.17, 15) is 9.83 Å². The highest BCUT2D eigenvalue weighted by Crippen LogP contribution is 2.65. The second-order valence-corrected chi connectivity index (χ2v) is 8.28. The van der Waals surface area contributed by atoms with Gasteiger partial charge in [-0.1, -0.05) is 60.7 Å². The molecule has 0 aromatic heterocycles. The molecule has 3 rings (SSSR count). The summed E-state index contributed by atoms with van der Waals surface area (Å²) in [7, 11) is -1.93. The van der Waals surface area contributed by atoms with Crippen LogP contribution in [-0.2, 0) is 19.2 Å². The highest BCUT2D eigenvalue weighted by molar-refractivity contribution is 7.51. The average Bonchev–Trinajstić information content (AvgIpc) is 2.87. The van der Waals surface area contributed by atoms with Gasteiger partial charge in [-0.15, -0.1) is 0 Å². The van der Waals surface area contributed by atoms with Gasteiger partial charge >= 0.3 is 7.75 Å². The van der Waals surface area contributed by atoms with Crippen molar-refractivity contribution in [1.82, 2.24) is 4.67 Å². The summed E-state index contributed by atoms with van der Waals surface area (Å²) in [5.74, 6) is 0. The van der Waals surface area contributed by atoms with Crippen LogP contribution in [0.4, 0.5) is 0 Å². The summed E-state index contributed by atoms with van der Waals surface area (Å²) in [6.07, 6.45) is -0.379. The van der Waals surface area contributed by atoms with E-state index in [-0.39, 0.29) is 12.1 Å². The quantitative estimate of drug-likeness (QED) is 0.747. The van der Waals surface area contributed by atoms with Crippen molar-refractivity contribution in [3.05, 3.63) is 71.8 Å². The molecule has 2 aromatic carbocycles. The van der Waals surface area contributed by atoms with Gasteiger partial charge in [0.1, 0.15) is 12.2 Å². The minimum absolute atomic E-state index is 0.146. The van der Waals surface area contributed by atoms with Gasteiger partial charge in [-0.3, -0.25) is 9.05 Å². The first kappa shape index (κ1) is 17.8. The lowest BCUT2D eigenvalue weighted by Gasteiger charge is -2.28. The Morgan fingerprint density at radius 2 is 1.72 bits per heavy atom. The van der Waals surface area contributed by atoms with Gasteiger partial charge in [0.15, 0.2) is 5.60 Å². The van der Waals surface area contributed by atoms with E-state index in [1.807, 2.05) is 55.5 Å². The largest absolute Gasteiger partial charge is 0.410 e. The summed E-state index contributed by atoms with van der Waals surface area (Å²) >= 11 is 0. The first-order valence-corrected chi connectivity index (χ1v) is 9.63. The van der Waals surface area contributed by atoms with Crippen LogP contribution in [0.2, 0.25) is 0 Å². The Balaban J connectivity index is 1.91. The Kier molecular flexibility index (Phi) is 4.81. The van der Waals surface area contributed by atoms with Crippen molar-refractivity contribution in [2.75, 3.05) is 7.05 Å². The minimum atomic E-state index is -3.63. The summed E-state index contributed by atoms with van der Waals surface area (Å²) in [6.45, 7) is 3.55. The lowest BCUT2D eigenvalue weighted by Crippen LogP contribution is -2.28. The molecule has 0 spiro atoms. The third-order valence-electron chi connectivity index (χ3n) is 4.62. The van der Waals surface area contributed by atoms with Crippen LogP contribution in [0.3, 0.4) is 0 Å². The number of hydrogen-bond donors (Lipinski definition) is 0. The maximum Gasteiger partial charge on any atom is 0.410 e. The molecule has 1 saturated heterocycles. The molecule has 130 valence electrons. The van der Waals surface area contributed by atoms with Crippen LogP contribution in [0.1, 0.15) is 31.1 Å². The molecule has 1 aliphatic heterocycles. The second-order valence-electron chi connectivity index (χ2n) is 6.32. The first-order chi connectivity index (χ1) is 11.9. The second kappa shape index (κ2) is 6.74. The van der Waals surface area contributed by atoms with Crippen molar-refractivity contribution in [3.63, 3.8) is 0 Å². The van der Waals surface area contributed by atoms with Gasteiger partial charge in [-0.05, 0) is 32.0 Å². The zero-order valence-corrected chi connectivity index (χ0v) is 15.4. The molecule has 0 bridgehead atoms. The molecule has 0 radical (unpaired) electrons. The number of benzene rings is 2. The maximum atomic E-state index is 13.4. The third-order valence-corrected chi connectivity index (χ3v) is 6.85. The molecule has 1 aliphatic rings. The van der Waals surface area contributed by atoms with Crippen molar-refractivity contribution >= 4 is 7.75 Å². The van der Waals surface area contributed by atoms with E-state index < -0.39 is 13.3 Å². The van der Waals surface area contributed by atoms with Crippen molar-refractivity contribution in [2.45, 2.75) is 31.6 Å². The van der Waals surface area contributed by atoms with Crippen molar-refractivity contribution < 1.29 is 13.6 Å². The smallest absolute Gasteiger partial charge is 0.287 e. The van der Waals surface area contributed by atoms with Crippen LogP contribution < -0.4 is 0 Å². The summed E-state index contributed by atoms with van der Waals surface area (Å²) in [5, 5.41) is 9.68.